The number of hydrogen-bond donors (Lipinski definition) is 1. The number of nitrogens with one attached hydrogen (secondary N) is 1. The highest BCUT2D eigenvalue weighted by Crippen LogP contribution is 2.30. The summed E-state index contributed by atoms with van der Waals surface area (Å²) in [5.41, 5.74) is -0.570. The molecule has 0 unspecified atom stereocenters. The molecule has 184 valence electrons. The van der Waals surface area contributed by atoms with Crippen LogP contribution in [0.15, 0.2) is 41.2 Å². The molecule has 1 saturated carbocycles. The first-order valence-electron chi connectivity index (χ1n) is 12.2. The first kappa shape index (κ1) is 23.3. The van der Waals surface area contributed by atoms with Gasteiger partial charge in [-0.15, -0.1) is 5.10 Å². The number of fused-ring (bicyclic) bond motifs is 1. The number of ether oxygens (including phenoxy) is 1. The van der Waals surface area contributed by atoms with Crippen molar-refractivity contribution in [3.8, 4) is 11.4 Å². The van der Waals surface area contributed by atoms with Gasteiger partial charge < -0.3 is 10.1 Å². The Balaban J connectivity index is 1.51. The van der Waals surface area contributed by atoms with Gasteiger partial charge in [-0.3, -0.25) is 9.36 Å². The SMILES string of the molecule is O=C(Nc1ccccc1F)c1cc(F)c(-n2nc3n(c2=O)CCCC3)cc1OCC1CCCCC1. The van der Waals surface area contributed by atoms with Crippen LogP contribution >= 0.6 is 0 Å². The first-order chi connectivity index (χ1) is 17.0. The Morgan fingerprint density at radius 3 is 2.63 bits per heavy atom. The summed E-state index contributed by atoms with van der Waals surface area (Å²) < 4.78 is 38.1. The molecule has 9 heteroatoms. The molecule has 0 atom stereocenters. The zero-order valence-corrected chi connectivity index (χ0v) is 19.4. The van der Waals surface area contributed by atoms with E-state index < -0.39 is 23.2 Å². The minimum atomic E-state index is -0.786. The van der Waals surface area contributed by atoms with Gasteiger partial charge in [0, 0.05) is 19.0 Å². The van der Waals surface area contributed by atoms with Crippen LogP contribution < -0.4 is 15.7 Å². The number of halogens is 2. The normalized spacial score (nSPS) is 16.1. The second-order valence-electron chi connectivity index (χ2n) is 9.27. The molecule has 2 heterocycles. The van der Waals surface area contributed by atoms with Crippen LogP contribution in [0.4, 0.5) is 14.5 Å². The van der Waals surface area contributed by atoms with Gasteiger partial charge in [-0.25, -0.2) is 13.6 Å². The van der Waals surface area contributed by atoms with Gasteiger partial charge in [0.2, 0.25) is 0 Å². The lowest BCUT2D eigenvalue weighted by Crippen LogP contribution is -2.27. The number of aromatic nitrogens is 3. The summed E-state index contributed by atoms with van der Waals surface area (Å²) in [6, 6.07) is 8.15. The van der Waals surface area contributed by atoms with E-state index in [-0.39, 0.29) is 22.7 Å². The average Bonchev–Trinajstić information content (AvgIpc) is 3.21. The van der Waals surface area contributed by atoms with Crippen molar-refractivity contribution in [2.75, 3.05) is 11.9 Å². The van der Waals surface area contributed by atoms with Crippen LogP contribution in [0.1, 0.15) is 61.1 Å². The third kappa shape index (κ3) is 4.85. The van der Waals surface area contributed by atoms with E-state index in [1.54, 1.807) is 10.6 Å². The summed E-state index contributed by atoms with van der Waals surface area (Å²) >= 11 is 0. The van der Waals surface area contributed by atoms with Crippen LogP contribution in [-0.4, -0.2) is 26.9 Å². The highest BCUT2D eigenvalue weighted by Gasteiger charge is 2.24. The molecule has 1 amide bonds. The summed E-state index contributed by atoms with van der Waals surface area (Å²) in [4.78, 5) is 26.0. The maximum absolute atomic E-state index is 15.3. The number of aryl methyl sites for hydroxylation is 1. The van der Waals surface area contributed by atoms with Gasteiger partial charge >= 0.3 is 5.69 Å². The van der Waals surface area contributed by atoms with E-state index >= 15 is 4.39 Å². The molecular weight excluding hydrogens is 454 g/mol. The van der Waals surface area contributed by atoms with Gasteiger partial charge in [-0.05, 0) is 49.8 Å². The predicted octanol–water partition coefficient (Wildman–Crippen LogP) is 4.86. The van der Waals surface area contributed by atoms with Crippen molar-refractivity contribution in [1.29, 1.82) is 0 Å². The second-order valence-corrected chi connectivity index (χ2v) is 9.27. The molecule has 1 aliphatic carbocycles. The molecule has 0 radical (unpaired) electrons. The van der Waals surface area contributed by atoms with E-state index in [2.05, 4.69) is 10.4 Å². The first-order valence-corrected chi connectivity index (χ1v) is 12.2. The summed E-state index contributed by atoms with van der Waals surface area (Å²) in [5.74, 6) is -0.993. The molecule has 1 aliphatic heterocycles. The van der Waals surface area contributed by atoms with Crippen molar-refractivity contribution in [1.82, 2.24) is 14.3 Å². The number of carbonyl (C=O) groups is 1. The highest BCUT2D eigenvalue weighted by molar-refractivity contribution is 6.06. The Hall–Kier alpha value is -3.49. The largest absolute Gasteiger partial charge is 0.492 e. The Kier molecular flexibility index (Phi) is 6.66. The summed E-state index contributed by atoms with van der Waals surface area (Å²) in [6.07, 6.45) is 7.93. The Labute approximate surface area is 201 Å². The maximum atomic E-state index is 15.3. The molecule has 2 aliphatic rings. The number of para-hydroxylation sites is 1. The van der Waals surface area contributed by atoms with Crippen molar-refractivity contribution in [2.45, 2.75) is 57.9 Å². The van der Waals surface area contributed by atoms with E-state index in [1.165, 1.54) is 30.7 Å². The lowest BCUT2D eigenvalue weighted by atomic mass is 9.90. The molecule has 0 spiro atoms. The number of rotatable bonds is 6. The van der Waals surface area contributed by atoms with Crippen LogP contribution in [0.2, 0.25) is 0 Å². The van der Waals surface area contributed by atoms with Gasteiger partial charge in [0.05, 0.1) is 17.9 Å². The van der Waals surface area contributed by atoms with Gasteiger partial charge in [-0.1, -0.05) is 31.4 Å². The molecule has 7 nitrogen and oxygen atoms in total. The standard InChI is InChI=1S/C26H28F2N4O3/c27-19-10-4-5-11-21(19)29-25(33)18-14-20(28)22(15-23(18)35-16-17-8-2-1-3-9-17)32-26(34)31-13-7-6-12-24(31)30-32/h4-5,10-11,14-15,17H,1-3,6-9,12-13,16H2,(H,29,33). The number of hydrogen-bond acceptors (Lipinski definition) is 4. The van der Waals surface area contributed by atoms with Gasteiger partial charge in [0.15, 0.2) is 0 Å². The van der Waals surface area contributed by atoms with E-state index in [9.17, 15) is 14.0 Å². The molecule has 3 aromatic rings. The molecule has 1 N–H and O–H groups in total. The maximum Gasteiger partial charge on any atom is 0.350 e. The molecule has 5 rings (SSSR count). The fourth-order valence-corrected chi connectivity index (χ4v) is 4.87. The summed E-state index contributed by atoms with van der Waals surface area (Å²) in [6.45, 7) is 0.920. The lowest BCUT2D eigenvalue weighted by Gasteiger charge is -2.22. The van der Waals surface area contributed by atoms with E-state index in [0.29, 0.717) is 31.3 Å². The number of benzene rings is 2. The molecule has 35 heavy (non-hydrogen) atoms. The van der Waals surface area contributed by atoms with E-state index in [4.69, 9.17) is 4.74 Å². The Morgan fingerprint density at radius 2 is 1.86 bits per heavy atom. The van der Waals surface area contributed by atoms with Crippen LogP contribution in [0.5, 0.6) is 5.75 Å². The second kappa shape index (κ2) is 10.0. The molecule has 1 aromatic heterocycles. The fourth-order valence-electron chi connectivity index (χ4n) is 4.87. The third-order valence-corrected chi connectivity index (χ3v) is 6.81. The van der Waals surface area contributed by atoms with Crippen molar-refractivity contribution in [2.24, 2.45) is 5.92 Å². The molecular formula is C26H28F2N4O3. The number of amides is 1. The Morgan fingerprint density at radius 1 is 1.06 bits per heavy atom. The minimum absolute atomic E-state index is 0.0155. The molecule has 1 fully saturated rings. The highest BCUT2D eigenvalue weighted by atomic mass is 19.1. The van der Waals surface area contributed by atoms with Crippen molar-refractivity contribution in [3.63, 3.8) is 0 Å². The zero-order chi connectivity index (χ0) is 24.4. The van der Waals surface area contributed by atoms with Gasteiger partial charge in [-0.2, -0.15) is 4.68 Å². The van der Waals surface area contributed by atoms with Gasteiger partial charge in [0.1, 0.15) is 28.9 Å². The van der Waals surface area contributed by atoms with Crippen LogP contribution in [0.3, 0.4) is 0 Å². The number of nitrogens with zero attached hydrogens (tertiary/aromatic N) is 3. The lowest BCUT2D eigenvalue weighted by molar-refractivity contribution is 0.102. The van der Waals surface area contributed by atoms with Crippen LogP contribution in [0, 0.1) is 17.6 Å². The monoisotopic (exact) mass is 482 g/mol. The molecule has 0 saturated heterocycles. The van der Waals surface area contributed by atoms with E-state index in [1.807, 2.05) is 0 Å². The minimum Gasteiger partial charge on any atom is -0.492 e. The predicted molar refractivity (Wildman–Crippen MR) is 127 cm³/mol. The Bertz CT molecular complexity index is 1290. The smallest absolute Gasteiger partial charge is 0.350 e. The quantitative estimate of drug-likeness (QED) is 0.544. The fraction of sp³-hybridized carbons (Fsp3) is 0.423. The van der Waals surface area contributed by atoms with Crippen LogP contribution in [-0.2, 0) is 13.0 Å². The third-order valence-electron chi connectivity index (χ3n) is 6.81. The van der Waals surface area contributed by atoms with Crippen LogP contribution in [0.25, 0.3) is 5.69 Å². The average molecular weight is 483 g/mol. The van der Waals surface area contributed by atoms with Crippen molar-refractivity contribution in [3.05, 3.63) is 69.9 Å². The summed E-state index contributed by atoms with van der Waals surface area (Å²) in [7, 11) is 0. The zero-order valence-electron chi connectivity index (χ0n) is 19.4. The van der Waals surface area contributed by atoms with Crippen molar-refractivity contribution >= 4 is 11.6 Å². The number of anilines is 1. The van der Waals surface area contributed by atoms with Crippen molar-refractivity contribution < 1.29 is 18.3 Å². The topological polar surface area (TPSA) is 78.2 Å². The number of carbonyl (C=O) groups excluding carboxylic acids is 1. The van der Waals surface area contributed by atoms with Gasteiger partial charge in [0.25, 0.3) is 5.91 Å². The molecule has 2 aromatic carbocycles. The van der Waals surface area contributed by atoms with E-state index in [0.717, 1.165) is 49.3 Å². The molecule has 0 bridgehead atoms. The summed E-state index contributed by atoms with van der Waals surface area (Å²) in [5, 5.41) is 6.84.